The van der Waals surface area contributed by atoms with Gasteiger partial charge in [0.05, 0.1) is 26.4 Å². The minimum absolute atomic E-state index is 0.408. The molecule has 0 radical (unpaired) electrons. The van der Waals surface area contributed by atoms with Crippen molar-refractivity contribution in [3.63, 3.8) is 0 Å². The van der Waals surface area contributed by atoms with E-state index in [1.54, 1.807) is 0 Å². The van der Waals surface area contributed by atoms with E-state index in [1.807, 2.05) is 6.07 Å². The van der Waals surface area contributed by atoms with Crippen molar-refractivity contribution in [3.05, 3.63) is 17.3 Å². The maximum atomic E-state index is 5.95. The Hall–Kier alpha value is -2.10. The van der Waals surface area contributed by atoms with Crippen LogP contribution in [0.2, 0.25) is 0 Å². The van der Waals surface area contributed by atoms with Gasteiger partial charge in [-0.1, -0.05) is 5.57 Å². The molecule has 1 aromatic heterocycles. The van der Waals surface area contributed by atoms with Gasteiger partial charge in [-0.15, -0.1) is 0 Å². The highest BCUT2D eigenvalue weighted by atomic mass is 16.5. The summed E-state index contributed by atoms with van der Waals surface area (Å²) >= 11 is 0. The van der Waals surface area contributed by atoms with E-state index in [-0.39, 0.29) is 0 Å². The van der Waals surface area contributed by atoms with Gasteiger partial charge in [0.25, 0.3) is 0 Å². The van der Waals surface area contributed by atoms with Gasteiger partial charge in [-0.2, -0.15) is 9.97 Å². The molecule has 30 heavy (non-hydrogen) atoms. The number of hydrogen-bond acceptors (Lipinski definition) is 9. The highest BCUT2D eigenvalue weighted by Crippen LogP contribution is 2.24. The van der Waals surface area contributed by atoms with Gasteiger partial charge in [0, 0.05) is 44.5 Å². The van der Waals surface area contributed by atoms with Crippen LogP contribution in [-0.2, 0) is 9.47 Å². The molecule has 3 aliphatic rings. The van der Waals surface area contributed by atoms with Crippen molar-refractivity contribution in [1.29, 1.82) is 0 Å². The van der Waals surface area contributed by atoms with Crippen LogP contribution in [0, 0.1) is 0 Å². The van der Waals surface area contributed by atoms with Crippen molar-refractivity contribution in [3.8, 4) is 6.01 Å². The Kier molecular flexibility index (Phi) is 7.60. The molecule has 166 valence electrons. The maximum absolute atomic E-state index is 5.95. The van der Waals surface area contributed by atoms with Gasteiger partial charge < -0.3 is 24.5 Å². The predicted molar refractivity (Wildman–Crippen MR) is 116 cm³/mol. The summed E-state index contributed by atoms with van der Waals surface area (Å²) in [5.41, 5.74) is 9.33. The molecule has 0 atom stereocenters. The molecule has 0 spiro atoms. The van der Waals surface area contributed by atoms with Crippen molar-refractivity contribution in [2.45, 2.75) is 32.6 Å². The first-order valence-electron chi connectivity index (χ1n) is 11.1. The van der Waals surface area contributed by atoms with Gasteiger partial charge in [0.15, 0.2) is 5.82 Å². The summed E-state index contributed by atoms with van der Waals surface area (Å²) in [6.07, 6.45) is 4.72. The highest BCUT2D eigenvalue weighted by molar-refractivity contribution is 5.50. The SMILES string of the molecule is CC1=C(NNc2cc(N3CCOCC3)nc(OCCN3CCOCC3)n2)CCCC1. The molecule has 0 saturated carbocycles. The summed E-state index contributed by atoms with van der Waals surface area (Å²) in [4.78, 5) is 13.8. The van der Waals surface area contributed by atoms with Gasteiger partial charge in [-0.3, -0.25) is 10.3 Å². The lowest BCUT2D eigenvalue weighted by molar-refractivity contribution is 0.0317. The average Bonchev–Trinajstić information content (AvgIpc) is 2.80. The fourth-order valence-electron chi connectivity index (χ4n) is 3.95. The monoisotopic (exact) mass is 418 g/mol. The van der Waals surface area contributed by atoms with Crippen molar-refractivity contribution >= 4 is 11.6 Å². The first-order valence-corrected chi connectivity index (χ1v) is 11.1. The first kappa shape index (κ1) is 21.1. The smallest absolute Gasteiger partial charge is 0.320 e. The molecule has 9 nitrogen and oxygen atoms in total. The molecule has 2 N–H and O–H groups in total. The number of allylic oxidation sites excluding steroid dienone is 2. The van der Waals surface area contributed by atoms with Crippen LogP contribution >= 0.6 is 0 Å². The van der Waals surface area contributed by atoms with E-state index in [0.29, 0.717) is 25.8 Å². The molecule has 0 unspecified atom stereocenters. The predicted octanol–water partition coefficient (Wildman–Crippen LogP) is 1.79. The van der Waals surface area contributed by atoms with E-state index >= 15 is 0 Å². The van der Waals surface area contributed by atoms with Crippen molar-refractivity contribution < 1.29 is 14.2 Å². The number of hydrazine groups is 1. The Bertz CT molecular complexity index is 717. The summed E-state index contributed by atoms with van der Waals surface area (Å²) in [5.74, 6) is 1.59. The van der Waals surface area contributed by atoms with Gasteiger partial charge in [-0.05, 0) is 32.6 Å². The van der Waals surface area contributed by atoms with Crippen LogP contribution in [0.4, 0.5) is 11.6 Å². The number of hydrogen-bond donors (Lipinski definition) is 2. The third kappa shape index (κ3) is 5.96. The molecule has 1 aromatic rings. The van der Waals surface area contributed by atoms with Crippen molar-refractivity contribution in [2.24, 2.45) is 0 Å². The minimum Gasteiger partial charge on any atom is -0.462 e. The summed E-state index contributed by atoms with van der Waals surface area (Å²) in [6, 6.07) is 2.39. The van der Waals surface area contributed by atoms with Crippen LogP contribution < -0.4 is 20.5 Å². The summed E-state index contributed by atoms with van der Waals surface area (Å²) < 4.78 is 16.8. The van der Waals surface area contributed by atoms with Crippen molar-refractivity contribution in [1.82, 2.24) is 20.3 Å². The Labute approximate surface area is 178 Å². The standard InChI is InChI=1S/C21H34N6O3/c1-17-4-2-3-5-18(17)24-25-19-16-20(27-9-13-29-14-10-27)23-21(22-19)30-15-8-26-6-11-28-12-7-26/h16,24H,2-15H2,1H3,(H,22,23,25). The summed E-state index contributed by atoms with van der Waals surface area (Å²) in [5, 5.41) is 0. The molecule has 3 heterocycles. The van der Waals surface area contributed by atoms with Crippen LogP contribution in [0.25, 0.3) is 0 Å². The van der Waals surface area contributed by atoms with E-state index in [0.717, 1.165) is 70.4 Å². The summed E-state index contributed by atoms with van der Waals surface area (Å²) in [7, 11) is 0. The minimum atomic E-state index is 0.408. The Morgan fingerprint density at radius 3 is 2.47 bits per heavy atom. The van der Waals surface area contributed by atoms with Gasteiger partial charge in [-0.25, -0.2) is 0 Å². The first-order chi connectivity index (χ1) is 14.8. The zero-order chi connectivity index (χ0) is 20.6. The van der Waals surface area contributed by atoms with Gasteiger partial charge in [0.2, 0.25) is 0 Å². The lowest BCUT2D eigenvalue weighted by Gasteiger charge is -2.28. The van der Waals surface area contributed by atoms with E-state index < -0.39 is 0 Å². The molecule has 2 aliphatic heterocycles. The normalized spacial score (nSPS) is 20.9. The molecular weight excluding hydrogens is 384 g/mol. The molecule has 0 aromatic carbocycles. The second-order valence-electron chi connectivity index (χ2n) is 8.01. The van der Waals surface area contributed by atoms with E-state index in [1.165, 1.54) is 24.1 Å². The van der Waals surface area contributed by atoms with Crippen LogP contribution in [-0.4, -0.2) is 80.6 Å². The third-order valence-electron chi connectivity index (χ3n) is 5.85. The molecule has 9 heteroatoms. The zero-order valence-corrected chi connectivity index (χ0v) is 18.0. The lowest BCUT2D eigenvalue weighted by atomic mass is 9.98. The number of rotatable bonds is 8. The molecule has 0 bridgehead atoms. The maximum Gasteiger partial charge on any atom is 0.320 e. The Balaban J connectivity index is 1.41. The second kappa shape index (κ2) is 10.8. The number of nitrogens with zero attached hydrogens (tertiary/aromatic N) is 4. The van der Waals surface area contributed by atoms with Gasteiger partial charge in [0.1, 0.15) is 12.4 Å². The van der Waals surface area contributed by atoms with Crippen LogP contribution in [0.1, 0.15) is 32.6 Å². The quantitative estimate of drug-likeness (QED) is 0.614. The zero-order valence-electron chi connectivity index (χ0n) is 18.0. The van der Waals surface area contributed by atoms with Crippen LogP contribution in [0.3, 0.4) is 0 Å². The lowest BCUT2D eigenvalue weighted by Crippen LogP contribution is -2.39. The number of aromatic nitrogens is 2. The largest absolute Gasteiger partial charge is 0.462 e. The van der Waals surface area contributed by atoms with Crippen LogP contribution in [0.5, 0.6) is 6.01 Å². The molecule has 4 rings (SSSR count). The number of ether oxygens (including phenoxy) is 3. The van der Waals surface area contributed by atoms with Gasteiger partial charge >= 0.3 is 6.01 Å². The molecule has 2 fully saturated rings. The molecular formula is C21H34N6O3. The van der Waals surface area contributed by atoms with Crippen LogP contribution in [0.15, 0.2) is 17.3 Å². The number of morpholine rings is 2. The number of nitrogens with one attached hydrogen (secondary N) is 2. The highest BCUT2D eigenvalue weighted by Gasteiger charge is 2.17. The van der Waals surface area contributed by atoms with Crippen molar-refractivity contribution in [2.75, 3.05) is 76.1 Å². The van der Waals surface area contributed by atoms with E-state index in [9.17, 15) is 0 Å². The molecule has 0 amide bonds. The third-order valence-corrected chi connectivity index (χ3v) is 5.85. The summed E-state index contributed by atoms with van der Waals surface area (Å²) in [6.45, 7) is 10.1. The van der Waals surface area contributed by atoms with E-state index in [4.69, 9.17) is 14.2 Å². The molecule has 2 saturated heterocycles. The average molecular weight is 419 g/mol. The number of anilines is 2. The fourth-order valence-corrected chi connectivity index (χ4v) is 3.95. The van der Waals surface area contributed by atoms with E-state index in [2.05, 4.69) is 37.5 Å². The molecule has 1 aliphatic carbocycles. The Morgan fingerprint density at radius 1 is 0.967 bits per heavy atom. The topological polar surface area (TPSA) is 84.0 Å². The second-order valence-corrected chi connectivity index (χ2v) is 8.01. The Morgan fingerprint density at radius 2 is 1.70 bits per heavy atom. The fraction of sp³-hybridized carbons (Fsp3) is 0.714.